The smallest absolute Gasteiger partial charge is 0.255 e. The average Bonchev–Trinajstić information content (AvgIpc) is 2.74. The second kappa shape index (κ2) is 9.26. The van der Waals surface area contributed by atoms with E-state index in [2.05, 4.69) is 10.6 Å². The molecule has 3 rings (SSSR count). The number of para-hydroxylation sites is 1. The molecule has 5 nitrogen and oxygen atoms in total. The third kappa shape index (κ3) is 4.95. The van der Waals surface area contributed by atoms with E-state index in [4.69, 9.17) is 16.3 Å². The zero-order chi connectivity index (χ0) is 20.8. The Hall–Kier alpha value is -3.31. The number of nitrogens with one attached hydrogen (secondary N) is 2. The number of amides is 2. The van der Waals surface area contributed by atoms with Gasteiger partial charge >= 0.3 is 0 Å². The molecule has 148 valence electrons. The Morgan fingerprint density at radius 1 is 0.931 bits per heavy atom. The molecular weight excluding hydrogens is 388 g/mol. The molecule has 0 fully saturated rings. The first-order valence-corrected chi connectivity index (χ1v) is 9.47. The van der Waals surface area contributed by atoms with E-state index < -0.39 is 0 Å². The van der Waals surface area contributed by atoms with Crippen LogP contribution in [0.5, 0.6) is 5.75 Å². The minimum absolute atomic E-state index is 0.173. The fourth-order valence-electron chi connectivity index (χ4n) is 2.89. The van der Waals surface area contributed by atoms with Gasteiger partial charge in [-0.2, -0.15) is 0 Å². The molecule has 0 heterocycles. The van der Waals surface area contributed by atoms with Crippen LogP contribution in [-0.4, -0.2) is 18.9 Å². The summed E-state index contributed by atoms with van der Waals surface area (Å²) in [4.78, 5) is 25.4. The monoisotopic (exact) mass is 408 g/mol. The summed E-state index contributed by atoms with van der Waals surface area (Å²) in [5.41, 5.74) is 2.16. The van der Waals surface area contributed by atoms with Crippen LogP contribution in [0.2, 0.25) is 5.02 Å². The molecule has 1 unspecified atom stereocenters. The molecule has 0 saturated heterocycles. The van der Waals surface area contributed by atoms with Gasteiger partial charge in [0.25, 0.3) is 11.8 Å². The van der Waals surface area contributed by atoms with Gasteiger partial charge in [-0.25, -0.2) is 0 Å². The van der Waals surface area contributed by atoms with Gasteiger partial charge < -0.3 is 15.4 Å². The number of rotatable bonds is 6. The van der Waals surface area contributed by atoms with E-state index in [1.807, 2.05) is 37.3 Å². The van der Waals surface area contributed by atoms with Gasteiger partial charge in [-0.3, -0.25) is 9.59 Å². The van der Waals surface area contributed by atoms with Gasteiger partial charge in [0.05, 0.1) is 29.4 Å². The van der Waals surface area contributed by atoms with Crippen molar-refractivity contribution in [2.24, 2.45) is 0 Å². The van der Waals surface area contributed by atoms with Crippen molar-refractivity contribution in [3.8, 4) is 5.75 Å². The molecule has 3 aromatic carbocycles. The molecule has 3 aromatic rings. The number of ether oxygens (including phenoxy) is 1. The van der Waals surface area contributed by atoms with E-state index >= 15 is 0 Å². The fourth-order valence-corrected chi connectivity index (χ4v) is 3.15. The molecule has 0 bridgehead atoms. The highest BCUT2D eigenvalue weighted by Gasteiger charge is 2.17. The van der Waals surface area contributed by atoms with Crippen molar-refractivity contribution in [3.63, 3.8) is 0 Å². The summed E-state index contributed by atoms with van der Waals surface area (Å²) in [5.74, 6) is -0.158. The first kappa shape index (κ1) is 20.4. The van der Waals surface area contributed by atoms with Crippen LogP contribution in [0, 0.1) is 0 Å². The van der Waals surface area contributed by atoms with Crippen LogP contribution in [0.25, 0.3) is 0 Å². The lowest BCUT2D eigenvalue weighted by molar-refractivity contribution is 0.0941. The first-order chi connectivity index (χ1) is 14.0. The van der Waals surface area contributed by atoms with E-state index in [1.54, 1.807) is 36.4 Å². The number of carbonyl (C=O) groups excluding carboxylic acids is 2. The second-order valence-corrected chi connectivity index (χ2v) is 6.86. The fraction of sp³-hybridized carbons (Fsp3) is 0.130. The third-order valence-electron chi connectivity index (χ3n) is 4.48. The van der Waals surface area contributed by atoms with Gasteiger partial charge in [0.2, 0.25) is 0 Å². The lowest BCUT2D eigenvalue weighted by atomic mass is 10.1. The highest BCUT2D eigenvalue weighted by molar-refractivity contribution is 6.32. The van der Waals surface area contributed by atoms with E-state index in [0.29, 0.717) is 27.6 Å². The quantitative estimate of drug-likeness (QED) is 0.596. The molecule has 0 aliphatic rings. The lowest BCUT2D eigenvalue weighted by Gasteiger charge is -2.16. The molecule has 2 N–H and O–H groups in total. The molecule has 0 spiro atoms. The van der Waals surface area contributed by atoms with Crippen molar-refractivity contribution in [1.29, 1.82) is 0 Å². The normalized spacial score (nSPS) is 11.4. The average molecular weight is 409 g/mol. The van der Waals surface area contributed by atoms with Crippen LogP contribution in [0.3, 0.4) is 0 Å². The van der Waals surface area contributed by atoms with Crippen molar-refractivity contribution < 1.29 is 14.3 Å². The molecular formula is C23H21ClN2O3. The van der Waals surface area contributed by atoms with Crippen LogP contribution < -0.4 is 15.4 Å². The number of benzene rings is 3. The van der Waals surface area contributed by atoms with Gasteiger partial charge in [-0.15, -0.1) is 0 Å². The Balaban J connectivity index is 1.77. The van der Waals surface area contributed by atoms with Gasteiger partial charge in [0.1, 0.15) is 5.75 Å². The number of carbonyl (C=O) groups is 2. The molecule has 1 atom stereocenters. The van der Waals surface area contributed by atoms with Crippen LogP contribution in [0.4, 0.5) is 5.69 Å². The summed E-state index contributed by atoms with van der Waals surface area (Å²) in [6.07, 6.45) is 0. The van der Waals surface area contributed by atoms with E-state index in [9.17, 15) is 9.59 Å². The zero-order valence-electron chi connectivity index (χ0n) is 16.1. The Morgan fingerprint density at radius 3 is 2.31 bits per heavy atom. The molecule has 6 heteroatoms. The maximum absolute atomic E-state index is 12.8. The van der Waals surface area contributed by atoms with Crippen LogP contribution in [-0.2, 0) is 0 Å². The highest BCUT2D eigenvalue weighted by Crippen LogP contribution is 2.26. The van der Waals surface area contributed by atoms with Crippen molar-refractivity contribution in [1.82, 2.24) is 5.32 Å². The van der Waals surface area contributed by atoms with Crippen molar-refractivity contribution in [2.45, 2.75) is 13.0 Å². The molecule has 0 radical (unpaired) electrons. The largest absolute Gasteiger partial charge is 0.495 e. The summed E-state index contributed by atoms with van der Waals surface area (Å²) in [6.45, 7) is 1.91. The maximum atomic E-state index is 12.8. The predicted molar refractivity (Wildman–Crippen MR) is 115 cm³/mol. The number of hydrogen-bond donors (Lipinski definition) is 2. The Morgan fingerprint density at radius 2 is 1.62 bits per heavy atom. The van der Waals surface area contributed by atoms with Crippen LogP contribution >= 0.6 is 11.6 Å². The Kier molecular flexibility index (Phi) is 6.52. The van der Waals surface area contributed by atoms with Crippen LogP contribution in [0.15, 0.2) is 72.8 Å². The minimum Gasteiger partial charge on any atom is -0.495 e. The van der Waals surface area contributed by atoms with E-state index in [0.717, 1.165) is 5.56 Å². The SMILES string of the molecule is COc1ccc(C(=O)Nc2ccccc2C(=O)NC(C)c2ccccc2)cc1Cl. The third-order valence-corrected chi connectivity index (χ3v) is 4.78. The van der Waals surface area contributed by atoms with Crippen molar-refractivity contribution >= 4 is 29.1 Å². The molecule has 0 aliphatic carbocycles. The van der Waals surface area contributed by atoms with Crippen LogP contribution in [0.1, 0.15) is 39.2 Å². The lowest BCUT2D eigenvalue weighted by Crippen LogP contribution is -2.28. The maximum Gasteiger partial charge on any atom is 0.255 e. The number of anilines is 1. The first-order valence-electron chi connectivity index (χ1n) is 9.09. The Bertz CT molecular complexity index is 1020. The molecule has 0 saturated carbocycles. The second-order valence-electron chi connectivity index (χ2n) is 6.45. The number of halogens is 1. The predicted octanol–water partition coefficient (Wildman–Crippen LogP) is 5.09. The van der Waals surface area contributed by atoms with E-state index in [-0.39, 0.29) is 17.9 Å². The minimum atomic E-state index is -0.370. The summed E-state index contributed by atoms with van der Waals surface area (Å²) >= 11 is 6.10. The topological polar surface area (TPSA) is 67.4 Å². The van der Waals surface area contributed by atoms with Crippen molar-refractivity contribution in [2.75, 3.05) is 12.4 Å². The van der Waals surface area contributed by atoms with Gasteiger partial charge in [0.15, 0.2) is 0 Å². The van der Waals surface area contributed by atoms with E-state index in [1.165, 1.54) is 13.2 Å². The summed E-state index contributed by atoms with van der Waals surface area (Å²) in [7, 11) is 1.51. The van der Waals surface area contributed by atoms with Gasteiger partial charge in [-0.1, -0.05) is 54.1 Å². The molecule has 29 heavy (non-hydrogen) atoms. The Labute approximate surface area is 174 Å². The number of hydrogen-bond acceptors (Lipinski definition) is 3. The number of methoxy groups -OCH3 is 1. The highest BCUT2D eigenvalue weighted by atomic mass is 35.5. The molecule has 0 aromatic heterocycles. The molecule has 2 amide bonds. The van der Waals surface area contributed by atoms with Gasteiger partial charge in [-0.05, 0) is 42.8 Å². The molecule has 0 aliphatic heterocycles. The zero-order valence-corrected chi connectivity index (χ0v) is 16.9. The summed E-state index contributed by atoms with van der Waals surface area (Å²) in [6, 6.07) is 21.1. The standard InChI is InChI=1S/C23H21ClN2O3/c1-15(16-8-4-3-5-9-16)25-23(28)18-10-6-7-11-20(18)26-22(27)17-12-13-21(29-2)19(24)14-17/h3-15H,1-2H3,(H,25,28)(H,26,27). The van der Waals surface area contributed by atoms with Crippen molar-refractivity contribution in [3.05, 3.63) is 94.5 Å². The summed E-state index contributed by atoms with van der Waals surface area (Å²) in [5, 5.41) is 6.08. The summed E-state index contributed by atoms with van der Waals surface area (Å²) < 4.78 is 5.11. The van der Waals surface area contributed by atoms with Gasteiger partial charge in [0, 0.05) is 5.56 Å².